The molecule has 10 aromatic rings. The highest BCUT2D eigenvalue weighted by Gasteiger charge is 2.18. The molecule has 0 aliphatic heterocycles. The Hall–Kier alpha value is -6.23. The molecule has 0 saturated heterocycles. The molecule has 0 fully saturated rings. The van der Waals surface area contributed by atoms with Crippen molar-refractivity contribution in [2.75, 3.05) is 0 Å². The molecule has 0 spiro atoms. The summed E-state index contributed by atoms with van der Waals surface area (Å²) in [5.74, 6) is 0.731. The van der Waals surface area contributed by atoms with Gasteiger partial charge in [0.2, 0.25) is 0 Å². The number of para-hydroxylation sites is 1. The number of hydrogen-bond acceptors (Lipinski definition) is 4. The van der Waals surface area contributed by atoms with Crippen LogP contribution in [0.2, 0.25) is 0 Å². The van der Waals surface area contributed by atoms with Crippen molar-refractivity contribution in [2.45, 2.75) is 0 Å². The summed E-state index contributed by atoms with van der Waals surface area (Å²) in [5, 5.41) is 7.16. The summed E-state index contributed by atoms with van der Waals surface area (Å²) in [6.07, 6.45) is 0. The second-order valence-corrected chi connectivity index (χ2v) is 13.5. The Balaban J connectivity index is 1.10. The van der Waals surface area contributed by atoms with Crippen LogP contribution in [0.5, 0.6) is 0 Å². The van der Waals surface area contributed by atoms with Crippen LogP contribution >= 0.6 is 11.3 Å². The lowest BCUT2D eigenvalue weighted by molar-refractivity contribution is 1.23. The average molecular weight is 642 g/mol. The molecular formula is C45H27N3S. The highest BCUT2D eigenvalue weighted by atomic mass is 32.1. The van der Waals surface area contributed by atoms with E-state index in [2.05, 4.69) is 133 Å². The van der Waals surface area contributed by atoms with E-state index in [9.17, 15) is 0 Å². The Morgan fingerprint density at radius 3 is 1.90 bits per heavy atom. The van der Waals surface area contributed by atoms with Crippen molar-refractivity contribution in [1.82, 2.24) is 15.0 Å². The standard InChI is InChI=1S/C45H27N3S/c1-2-11-30(12-3-1)45-47-38-19-8-6-17-35(38)42(48-45)29-23-21-28(22-24-29)31-15-10-16-34(25-31)43-41-36-18-7-9-20-40(36)49-44(41)37-26-32-13-4-5-14-33(32)27-39(37)46-43/h1-27H. The fraction of sp³-hybridized carbons (Fsp3) is 0. The molecule has 0 amide bonds. The van der Waals surface area contributed by atoms with E-state index in [-0.39, 0.29) is 0 Å². The smallest absolute Gasteiger partial charge is 0.160 e. The first-order chi connectivity index (χ1) is 24.3. The van der Waals surface area contributed by atoms with Crippen molar-refractivity contribution < 1.29 is 0 Å². The molecule has 4 heteroatoms. The number of aromatic nitrogens is 3. The number of fused-ring (bicyclic) bond motifs is 7. The van der Waals surface area contributed by atoms with Gasteiger partial charge in [-0.25, -0.2) is 15.0 Å². The molecule has 0 bridgehead atoms. The Labute approximate surface area is 286 Å². The van der Waals surface area contributed by atoms with Crippen LogP contribution < -0.4 is 0 Å². The van der Waals surface area contributed by atoms with Gasteiger partial charge in [-0.2, -0.15) is 0 Å². The van der Waals surface area contributed by atoms with Crippen LogP contribution in [0, 0.1) is 0 Å². The summed E-state index contributed by atoms with van der Waals surface area (Å²) in [6.45, 7) is 0. The third-order valence-corrected chi connectivity index (χ3v) is 10.6. The van der Waals surface area contributed by atoms with E-state index in [4.69, 9.17) is 15.0 Å². The molecule has 0 unspecified atom stereocenters. The van der Waals surface area contributed by atoms with E-state index in [1.165, 1.54) is 36.3 Å². The van der Waals surface area contributed by atoms with Crippen molar-refractivity contribution in [2.24, 2.45) is 0 Å². The van der Waals surface area contributed by atoms with E-state index in [1.807, 2.05) is 41.7 Å². The van der Waals surface area contributed by atoms with E-state index in [1.54, 1.807) is 0 Å². The normalized spacial score (nSPS) is 11.7. The molecule has 10 rings (SSSR count). The van der Waals surface area contributed by atoms with E-state index in [0.29, 0.717) is 0 Å². The maximum Gasteiger partial charge on any atom is 0.160 e. The number of hydrogen-bond donors (Lipinski definition) is 0. The molecule has 3 heterocycles. The van der Waals surface area contributed by atoms with Gasteiger partial charge in [0.1, 0.15) is 0 Å². The summed E-state index contributed by atoms with van der Waals surface area (Å²) >= 11 is 1.86. The van der Waals surface area contributed by atoms with Gasteiger partial charge in [0, 0.05) is 47.6 Å². The summed E-state index contributed by atoms with van der Waals surface area (Å²) in [7, 11) is 0. The lowest BCUT2D eigenvalue weighted by Gasteiger charge is -2.12. The first-order valence-electron chi connectivity index (χ1n) is 16.4. The highest BCUT2D eigenvalue weighted by molar-refractivity contribution is 7.26. The number of benzene rings is 7. The molecule has 228 valence electrons. The monoisotopic (exact) mass is 641 g/mol. The lowest BCUT2D eigenvalue weighted by Crippen LogP contribution is -1.95. The van der Waals surface area contributed by atoms with E-state index < -0.39 is 0 Å². The van der Waals surface area contributed by atoms with Gasteiger partial charge in [-0.05, 0) is 52.2 Å². The Morgan fingerprint density at radius 2 is 1.04 bits per heavy atom. The summed E-state index contributed by atoms with van der Waals surface area (Å²) in [6, 6.07) is 57.8. The van der Waals surface area contributed by atoms with Gasteiger partial charge in [0.15, 0.2) is 5.82 Å². The fourth-order valence-electron chi connectivity index (χ4n) is 7.04. The zero-order valence-electron chi connectivity index (χ0n) is 26.3. The number of pyridine rings is 1. The predicted molar refractivity (Wildman–Crippen MR) is 207 cm³/mol. The average Bonchev–Trinajstić information content (AvgIpc) is 3.57. The molecule has 0 aliphatic rings. The van der Waals surface area contributed by atoms with Gasteiger partial charge >= 0.3 is 0 Å². The molecule has 3 nitrogen and oxygen atoms in total. The first-order valence-corrected chi connectivity index (χ1v) is 17.3. The Morgan fingerprint density at radius 1 is 0.367 bits per heavy atom. The molecule has 49 heavy (non-hydrogen) atoms. The first kappa shape index (κ1) is 27.8. The third kappa shape index (κ3) is 4.68. The van der Waals surface area contributed by atoms with Crippen LogP contribution in [-0.4, -0.2) is 15.0 Å². The Kier molecular flexibility index (Phi) is 6.36. The number of nitrogens with zero attached hydrogens (tertiary/aromatic N) is 3. The summed E-state index contributed by atoms with van der Waals surface area (Å²) in [5.41, 5.74) is 9.39. The van der Waals surface area contributed by atoms with Crippen LogP contribution in [0.4, 0.5) is 0 Å². The van der Waals surface area contributed by atoms with Crippen molar-refractivity contribution in [3.05, 3.63) is 164 Å². The minimum absolute atomic E-state index is 0.731. The molecule has 0 radical (unpaired) electrons. The van der Waals surface area contributed by atoms with Gasteiger partial charge in [-0.1, -0.05) is 133 Å². The van der Waals surface area contributed by atoms with Crippen molar-refractivity contribution in [3.63, 3.8) is 0 Å². The molecule has 3 aromatic heterocycles. The minimum atomic E-state index is 0.731. The largest absolute Gasteiger partial charge is 0.247 e. The van der Waals surface area contributed by atoms with Crippen molar-refractivity contribution in [3.8, 4) is 45.0 Å². The van der Waals surface area contributed by atoms with Crippen LogP contribution in [0.15, 0.2) is 164 Å². The van der Waals surface area contributed by atoms with Gasteiger partial charge in [-0.3, -0.25) is 0 Å². The highest BCUT2D eigenvalue weighted by Crippen LogP contribution is 2.44. The van der Waals surface area contributed by atoms with Gasteiger partial charge in [-0.15, -0.1) is 11.3 Å². The molecule has 7 aromatic carbocycles. The van der Waals surface area contributed by atoms with Gasteiger partial charge < -0.3 is 0 Å². The Bertz CT molecular complexity index is 2870. The van der Waals surface area contributed by atoms with Crippen LogP contribution in [0.3, 0.4) is 0 Å². The maximum absolute atomic E-state index is 5.39. The zero-order chi connectivity index (χ0) is 32.3. The summed E-state index contributed by atoms with van der Waals surface area (Å²) < 4.78 is 2.56. The minimum Gasteiger partial charge on any atom is -0.247 e. The second kappa shape index (κ2) is 11.2. The van der Waals surface area contributed by atoms with Crippen molar-refractivity contribution in [1.29, 1.82) is 0 Å². The van der Waals surface area contributed by atoms with Crippen LogP contribution in [0.1, 0.15) is 0 Å². The van der Waals surface area contributed by atoms with Crippen molar-refractivity contribution >= 4 is 64.1 Å². The maximum atomic E-state index is 5.39. The van der Waals surface area contributed by atoms with Crippen LogP contribution in [-0.2, 0) is 0 Å². The topological polar surface area (TPSA) is 38.7 Å². The van der Waals surface area contributed by atoms with Crippen LogP contribution in [0.25, 0.3) is 97.8 Å². The zero-order valence-corrected chi connectivity index (χ0v) is 27.2. The van der Waals surface area contributed by atoms with Gasteiger partial charge in [0.25, 0.3) is 0 Å². The van der Waals surface area contributed by atoms with E-state index >= 15 is 0 Å². The quantitative estimate of drug-likeness (QED) is 0.180. The molecule has 0 saturated carbocycles. The predicted octanol–water partition coefficient (Wildman–Crippen LogP) is 12.4. The third-order valence-electron chi connectivity index (χ3n) is 9.44. The van der Waals surface area contributed by atoms with Gasteiger partial charge in [0.05, 0.1) is 22.4 Å². The molecule has 0 N–H and O–H groups in total. The second-order valence-electron chi connectivity index (χ2n) is 12.4. The summed E-state index contributed by atoms with van der Waals surface area (Å²) in [4.78, 5) is 15.4. The fourth-order valence-corrected chi connectivity index (χ4v) is 8.27. The van der Waals surface area contributed by atoms with E-state index in [0.717, 1.165) is 61.4 Å². The molecule has 0 aliphatic carbocycles. The number of rotatable bonds is 4. The molecule has 0 atom stereocenters. The lowest BCUT2D eigenvalue weighted by atomic mass is 9.96. The number of thiophene rings is 1. The molecular weight excluding hydrogens is 615 g/mol. The SMILES string of the molecule is c1ccc(-c2nc(-c3ccc(-c4cccc(-c5nc6cc7ccccc7cc6c6sc7ccccc7c56)c4)cc3)c3ccccc3n2)cc1.